The highest BCUT2D eigenvalue weighted by Crippen LogP contribution is 2.38. The summed E-state index contributed by atoms with van der Waals surface area (Å²) >= 11 is 0. The number of amides is 1. The Labute approximate surface area is 202 Å². The number of carbonyl (C=O) groups excluding carboxylic acids is 2. The van der Waals surface area contributed by atoms with Crippen molar-refractivity contribution in [3.63, 3.8) is 0 Å². The van der Waals surface area contributed by atoms with Crippen LogP contribution in [0.3, 0.4) is 0 Å². The number of para-hydroxylation sites is 1. The number of esters is 1. The summed E-state index contributed by atoms with van der Waals surface area (Å²) < 4.78 is 55.7. The Kier molecular flexibility index (Phi) is 7.82. The van der Waals surface area contributed by atoms with Gasteiger partial charge in [0.25, 0.3) is 0 Å². The number of benzene rings is 2. The van der Waals surface area contributed by atoms with Crippen molar-refractivity contribution in [3.8, 4) is 11.5 Å². The lowest BCUT2D eigenvalue weighted by molar-refractivity contribution is -0.138. The van der Waals surface area contributed by atoms with E-state index in [1.165, 1.54) is 37.4 Å². The first-order valence-electron chi connectivity index (χ1n) is 11.2. The normalized spacial score (nSPS) is 14.9. The van der Waals surface area contributed by atoms with E-state index in [9.17, 15) is 22.8 Å². The van der Waals surface area contributed by atoms with Gasteiger partial charge >= 0.3 is 18.2 Å². The van der Waals surface area contributed by atoms with Gasteiger partial charge in [-0.2, -0.15) is 13.2 Å². The molecule has 2 aromatic rings. The summed E-state index contributed by atoms with van der Waals surface area (Å²) in [5, 5.41) is 3.28. The van der Waals surface area contributed by atoms with Gasteiger partial charge in [-0.15, -0.1) is 0 Å². The Hall–Kier alpha value is -3.43. The van der Waals surface area contributed by atoms with Crippen LogP contribution in [0.1, 0.15) is 49.5 Å². The molecular weight excluding hydrogens is 465 g/mol. The van der Waals surface area contributed by atoms with Crippen LogP contribution in [-0.4, -0.2) is 48.8 Å². The SMILES string of the molecule is COC(=O)c1cc(Oc2ccccc2C(F)(F)F)ccc1NC1CCN(C(=O)OC(C)(C)C)CC1. The molecule has 1 heterocycles. The molecule has 1 aliphatic rings. The third kappa shape index (κ3) is 7.03. The number of nitrogens with one attached hydrogen (secondary N) is 1. The van der Waals surface area contributed by atoms with Crippen molar-refractivity contribution in [2.75, 3.05) is 25.5 Å². The fourth-order valence-electron chi connectivity index (χ4n) is 3.66. The smallest absolute Gasteiger partial charge is 0.419 e. The largest absolute Gasteiger partial charge is 0.465 e. The molecule has 1 fully saturated rings. The second-order valence-electron chi connectivity index (χ2n) is 9.18. The second kappa shape index (κ2) is 10.5. The maximum absolute atomic E-state index is 13.3. The Balaban J connectivity index is 1.73. The molecule has 1 saturated heterocycles. The predicted octanol–water partition coefficient (Wildman–Crippen LogP) is 6.10. The summed E-state index contributed by atoms with van der Waals surface area (Å²) in [5.41, 5.74) is -0.905. The van der Waals surface area contributed by atoms with Gasteiger partial charge in [0.2, 0.25) is 0 Å². The zero-order valence-corrected chi connectivity index (χ0v) is 20.1. The summed E-state index contributed by atoms with van der Waals surface area (Å²) in [5.74, 6) is -0.966. The van der Waals surface area contributed by atoms with Gasteiger partial charge in [-0.1, -0.05) is 12.1 Å². The van der Waals surface area contributed by atoms with Crippen molar-refractivity contribution >= 4 is 17.7 Å². The monoisotopic (exact) mass is 494 g/mol. The van der Waals surface area contributed by atoms with Crippen LogP contribution < -0.4 is 10.1 Å². The molecule has 1 aliphatic heterocycles. The van der Waals surface area contributed by atoms with E-state index in [1.807, 2.05) is 20.8 Å². The molecule has 0 aromatic heterocycles. The number of methoxy groups -OCH3 is 1. The van der Waals surface area contributed by atoms with E-state index in [0.29, 0.717) is 31.6 Å². The molecule has 0 unspecified atom stereocenters. The highest BCUT2D eigenvalue weighted by atomic mass is 19.4. The summed E-state index contributed by atoms with van der Waals surface area (Å²) in [7, 11) is 1.22. The molecule has 7 nitrogen and oxygen atoms in total. The van der Waals surface area contributed by atoms with Crippen LogP contribution in [0.5, 0.6) is 11.5 Å². The third-order valence-corrected chi connectivity index (χ3v) is 5.32. The number of anilines is 1. The number of halogens is 3. The molecule has 1 N–H and O–H groups in total. The van der Waals surface area contributed by atoms with Crippen molar-refractivity contribution in [2.24, 2.45) is 0 Å². The standard InChI is InChI=1S/C25H29F3N2O5/c1-24(2,3)35-23(32)30-13-11-16(12-14-30)29-20-10-9-17(15-18(20)22(31)33-4)34-21-8-6-5-7-19(21)25(26,27)28/h5-10,15-16,29H,11-14H2,1-4H3. The lowest BCUT2D eigenvalue weighted by atomic mass is 10.0. The van der Waals surface area contributed by atoms with Crippen molar-refractivity contribution in [3.05, 3.63) is 53.6 Å². The quantitative estimate of drug-likeness (QED) is 0.507. The minimum atomic E-state index is -4.59. The number of ether oxygens (including phenoxy) is 3. The molecule has 190 valence electrons. The number of carbonyl (C=O) groups is 2. The zero-order valence-electron chi connectivity index (χ0n) is 20.1. The first kappa shape index (κ1) is 26.2. The van der Waals surface area contributed by atoms with E-state index < -0.39 is 23.3 Å². The average molecular weight is 495 g/mol. The van der Waals surface area contributed by atoms with E-state index in [0.717, 1.165) is 6.07 Å². The Morgan fingerprint density at radius 3 is 2.29 bits per heavy atom. The summed E-state index contributed by atoms with van der Waals surface area (Å²) in [4.78, 5) is 26.3. The molecule has 35 heavy (non-hydrogen) atoms. The van der Waals surface area contributed by atoms with Gasteiger partial charge in [0.15, 0.2) is 0 Å². The van der Waals surface area contributed by atoms with E-state index >= 15 is 0 Å². The van der Waals surface area contributed by atoms with Crippen LogP contribution in [0.4, 0.5) is 23.7 Å². The lowest BCUT2D eigenvalue weighted by Gasteiger charge is -2.34. The maximum atomic E-state index is 13.3. The third-order valence-electron chi connectivity index (χ3n) is 5.32. The molecule has 0 spiro atoms. The topological polar surface area (TPSA) is 77.1 Å². The number of nitrogens with zero attached hydrogens (tertiary/aromatic N) is 1. The molecule has 3 rings (SSSR count). The number of piperidine rings is 1. The van der Waals surface area contributed by atoms with E-state index in [-0.39, 0.29) is 29.2 Å². The van der Waals surface area contributed by atoms with Crippen molar-refractivity contribution in [1.82, 2.24) is 4.90 Å². The van der Waals surface area contributed by atoms with E-state index in [4.69, 9.17) is 14.2 Å². The second-order valence-corrected chi connectivity index (χ2v) is 9.18. The van der Waals surface area contributed by atoms with Gasteiger partial charge in [-0.05, 0) is 63.9 Å². The number of rotatable bonds is 5. The molecule has 1 amide bonds. The van der Waals surface area contributed by atoms with E-state index in [2.05, 4.69) is 5.32 Å². The van der Waals surface area contributed by atoms with Gasteiger partial charge in [-0.25, -0.2) is 9.59 Å². The van der Waals surface area contributed by atoms with Gasteiger partial charge < -0.3 is 24.4 Å². The molecule has 0 aliphatic carbocycles. The summed E-state index contributed by atoms with van der Waals surface area (Å²) in [6, 6.07) is 9.21. The molecule has 10 heteroatoms. The average Bonchev–Trinajstić information content (AvgIpc) is 2.78. The van der Waals surface area contributed by atoms with Crippen molar-refractivity contribution in [2.45, 2.75) is 51.4 Å². The Morgan fingerprint density at radius 1 is 1.03 bits per heavy atom. The van der Waals surface area contributed by atoms with Gasteiger partial charge in [0.05, 0.1) is 18.2 Å². The lowest BCUT2D eigenvalue weighted by Crippen LogP contribution is -2.44. The van der Waals surface area contributed by atoms with Crippen LogP contribution in [0.2, 0.25) is 0 Å². The van der Waals surface area contributed by atoms with Crippen LogP contribution in [0.25, 0.3) is 0 Å². The minimum Gasteiger partial charge on any atom is -0.465 e. The number of alkyl halides is 3. The maximum Gasteiger partial charge on any atom is 0.419 e. The molecule has 0 atom stereocenters. The minimum absolute atomic E-state index is 0.0326. The van der Waals surface area contributed by atoms with Gasteiger partial charge in [0.1, 0.15) is 17.1 Å². The van der Waals surface area contributed by atoms with Gasteiger partial charge in [-0.3, -0.25) is 0 Å². The fraction of sp³-hybridized carbons (Fsp3) is 0.440. The highest BCUT2D eigenvalue weighted by molar-refractivity contribution is 5.96. The number of likely N-dealkylation sites (tertiary alicyclic amines) is 1. The highest BCUT2D eigenvalue weighted by Gasteiger charge is 2.34. The van der Waals surface area contributed by atoms with Crippen molar-refractivity contribution < 1.29 is 37.0 Å². The molecule has 0 saturated carbocycles. The van der Waals surface area contributed by atoms with E-state index in [1.54, 1.807) is 11.0 Å². The fourth-order valence-corrected chi connectivity index (χ4v) is 3.66. The first-order valence-corrected chi connectivity index (χ1v) is 11.2. The summed E-state index contributed by atoms with van der Waals surface area (Å²) in [6.45, 7) is 6.39. The van der Waals surface area contributed by atoms with Crippen molar-refractivity contribution in [1.29, 1.82) is 0 Å². The Morgan fingerprint density at radius 2 is 1.69 bits per heavy atom. The van der Waals surface area contributed by atoms with Crippen LogP contribution in [-0.2, 0) is 15.7 Å². The summed E-state index contributed by atoms with van der Waals surface area (Å²) in [6.07, 6.45) is -3.71. The van der Waals surface area contributed by atoms with Crippen LogP contribution >= 0.6 is 0 Å². The molecule has 2 aromatic carbocycles. The zero-order chi connectivity index (χ0) is 25.8. The predicted molar refractivity (Wildman–Crippen MR) is 124 cm³/mol. The van der Waals surface area contributed by atoms with Gasteiger partial charge in [0, 0.05) is 24.8 Å². The van der Waals surface area contributed by atoms with Crippen LogP contribution in [0, 0.1) is 0 Å². The number of hydrogen-bond acceptors (Lipinski definition) is 6. The van der Waals surface area contributed by atoms with Crippen LogP contribution in [0.15, 0.2) is 42.5 Å². The molecule has 0 bridgehead atoms. The molecular formula is C25H29F3N2O5. The molecule has 0 radical (unpaired) electrons. The number of hydrogen-bond donors (Lipinski definition) is 1. The Bertz CT molecular complexity index is 1060. The first-order chi connectivity index (χ1) is 16.4.